The lowest BCUT2D eigenvalue weighted by atomic mass is 10.1. The highest BCUT2D eigenvalue weighted by Gasteiger charge is 2.09. The van der Waals surface area contributed by atoms with Gasteiger partial charge in [0.15, 0.2) is 0 Å². The number of hydrogen-bond donors (Lipinski definition) is 0. The minimum atomic E-state index is 0.0924. The fourth-order valence-electron chi connectivity index (χ4n) is 2.10. The van der Waals surface area contributed by atoms with Crippen LogP contribution >= 0.6 is 12.2 Å². The molecule has 116 valence electrons. The minimum Gasteiger partial charge on any atom is -0.488 e. The van der Waals surface area contributed by atoms with Gasteiger partial charge < -0.3 is 14.2 Å². The van der Waals surface area contributed by atoms with E-state index in [1.54, 1.807) is 0 Å². The van der Waals surface area contributed by atoms with Gasteiger partial charge in [-0.05, 0) is 49.6 Å². The summed E-state index contributed by atoms with van der Waals surface area (Å²) in [7, 11) is 1.49. The third-order valence-corrected chi connectivity index (χ3v) is 3.76. The van der Waals surface area contributed by atoms with E-state index < -0.39 is 0 Å². The van der Waals surface area contributed by atoms with Crippen LogP contribution in [-0.4, -0.2) is 12.3 Å². The Morgan fingerprint density at radius 1 is 0.955 bits per heavy atom. The summed E-state index contributed by atoms with van der Waals surface area (Å²) in [5.41, 5.74) is 4.51. The molecule has 0 bridgehead atoms. The maximum Gasteiger partial charge on any atom is 0.357 e. The van der Waals surface area contributed by atoms with Gasteiger partial charge in [-0.25, -0.2) is 0 Å². The molecule has 0 atom stereocenters. The molecule has 0 aliphatic heterocycles. The van der Waals surface area contributed by atoms with E-state index in [0.717, 1.165) is 16.9 Å². The summed E-state index contributed by atoms with van der Waals surface area (Å²) in [6.07, 6.45) is 0. The number of thiocarbonyl (C=S) groups is 1. The zero-order valence-corrected chi connectivity index (χ0v) is 14.1. The fraction of sp³-hybridized carbons (Fsp3) is 0.278. The molecule has 0 aliphatic carbocycles. The molecule has 2 aromatic carbocycles. The first-order valence-corrected chi connectivity index (χ1v) is 7.46. The predicted molar refractivity (Wildman–Crippen MR) is 91.7 cm³/mol. The second-order valence-corrected chi connectivity index (χ2v) is 5.49. The molecule has 0 unspecified atom stereocenters. The van der Waals surface area contributed by atoms with E-state index in [2.05, 4.69) is 26.0 Å². The number of rotatable bonds is 4. The maximum atomic E-state index is 5.95. The molecule has 2 rings (SSSR count). The van der Waals surface area contributed by atoms with Gasteiger partial charge in [-0.15, -0.1) is 0 Å². The predicted octanol–water partition coefficient (Wildman–Crippen LogP) is 4.50. The zero-order valence-electron chi connectivity index (χ0n) is 13.3. The molecule has 0 saturated carbocycles. The van der Waals surface area contributed by atoms with Gasteiger partial charge in [0, 0.05) is 17.8 Å². The van der Waals surface area contributed by atoms with Crippen LogP contribution in [0.2, 0.25) is 0 Å². The van der Waals surface area contributed by atoms with Crippen molar-refractivity contribution in [2.24, 2.45) is 0 Å². The lowest BCUT2D eigenvalue weighted by Crippen LogP contribution is -2.09. The number of para-hydroxylation sites is 1. The summed E-state index contributed by atoms with van der Waals surface area (Å²) in [4.78, 5) is 0. The Balaban J connectivity index is 2.15. The second kappa shape index (κ2) is 7.27. The van der Waals surface area contributed by atoms with Gasteiger partial charge in [-0.1, -0.05) is 24.3 Å². The molecule has 0 radical (unpaired) electrons. The number of ether oxygens (including phenoxy) is 3. The van der Waals surface area contributed by atoms with E-state index >= 15 is 0 Å². The molecular formula is C18H20O3S. The normalized spacial score (nSPS) is 10.2. The fourth-order valence-corrected chi connectivity index (χ4v) is 2.19. The van der Waals surface area contributed by atoms with Crippen LogP contribution in [0, 0.1) is 20.8 Å². The molecular weight excluding hydrogens is 296 g/mol. The summed E-state index contributed by atoms with van der Waals surface area (Å²) in [6.45, 7) is 6.63. The van der Waals surface area contributed by atoms with Crippen LogP contribution in [0.3, 0.4) is 0 Å². The van der Waals surface area contributed by atoms with Crippen molar-refractivity contribution in [3.63, 3.8) is 0 Å². The first kappa shape index (κ1) is 16.3. The molecule has 0 fully saturated rings. The molecule has 4 heteroatoms. The summed E-state index contributed by atoms with van der Waals surface area (Å²) >= 11 is 4.94. The Morgan fingerprint density at radius 3 is 2.36 bits per heavy atom. The molecule has 0 N–H and O–H groups in total. The van der Waals surface area contributed by atoms with E-state index in [4.69, 9.17) is 26.4 Å². The SMILES string of the molecule is COC(=S)Oc1ccccc1COc1cc(C)c(C)cc1C. The summed E-state index contributed by atoms with van der Waals surface area (Å²) in [6, 6.07) is 11.8. The molecule has 3 nitrogen and oxygen atoms in total. The molecule has 2 aromatic rings. The van der Waals surface area contributed by atoms with Gasteiger partial charge in [0.1, 0.15) is 18.1 Å². The summed E-state index contributed by atoms with van der Waals surface area (Å²) < 4.78 is 16.3. The highest BCUT2D eigenvalue weighted by molar-refractivity contribution is 7.79. The quantitative estimate of drug-likeness (QED) is 0.776. The van der Waals surface area contributed by atoms with E-state index in [1.165, 1.54) is 18.2 Å². The largest absolute Gasteiger partial charge is 0.488 e. The average Bonchev–Trinajstić information content (AvgIpc) is 2.50. The first-order chi connectivity index (χ1) is 10.5. The van der Waals surface area contributed by atoms with Crippen molar-refractivity contribution < 1.29 is 14.2 Å². The van der Waals surface area contributed by atoms with Gasteiger partial charge in [-0.3, -0.25) is 0 Å². The zero-order chi connectivity index (χ0) is 16.1. The highest BCUT2D eigenvalue weighted by atomic mass is 32.1. The van der Waals surface area contributed by atoms with Crippen LogP contribution in [0.25, 0.3) is 0 Å². The molecule has 0 amide bonds. The van der Waals surface area contributed by atoms with Crippen molar-refractivity contribution in [3.05, 3.63) is 58.7 Å². The van der Waals surface area contributed by atoms with Crippen molar-refractivity contribution in [3.8, 4) is 11.5 Å². The van der Waals surface area contributed by atoms with Crippen molar-refractivity contribution >= 4 is 17.5 Å². The monoisotopic (exact) mass is 316 g/mol. The van der Waals surface area contributed by atoms with Gasteiger partial charge >= 0.3 is 5.24 Å². The number of benzene rings is 2. The molecule has 0 spiro atoms. The van der Waals surface area contributed by atoms with Gasteiger partial charge in [-0.2, -0.15) is 0 Å². The standard InChI is InChI=1S/C18H20O3S/c1-12-9-14(3)17(10-13(12)2)20-11-15-7-5-6-8-16(15)21-18(22)19-4/h5-10H,11H2,1-4H3. The Bertz CT molecular complexity index is 680. The number of aryl methyl sites for hydroxylation is 3. The van der Waals surface area contributed by atoms with Gasteiger partial charge in [0.25, 0.3) is 0 Å². The summed E-state index contributed by atoms with van der Waals surface area (Å²) in [5.74, 6) is 1.53. The van der Waals surface area contributed by atoms with E-state index in [-0.39, 0.29) is 5.24 Å². The Kier molecular flexibility index (Phi) is 5.39. The summed E-state index contributed by atoms with van der Waals surface area (Å²) in [5, 5.41) is 0.0924. The van der Waals surface area contributed by atoms with Gasteiger partial charge in [0.05, 0.1) is 7.11 Å². The Hall–Kier alpha value is -2.07. The van der Waals surface area contributed by atoms with E-state index in [1.807, 2.05) is 31.2 Å². The van der Waals surface area contributed by atoms with Crippen molar-refractivity contribution in [2.45, 2.75) is 27.4 Å². The van der Waals surface area contributed by atoms with E-state index in [0.29, 0.717) is 12.4 Å². The number of hydrogen-bond acceptors (Lipinski definition) is 4. The van der Waals surface area contributed by atoms with Gasteiger partial charge in [0.2, 0.25) is 0 Å². The lowest BCUT2D eigenvalue weighted by molar-refractivity contribution is 0.288. The average molecular weight is 316 g/mol. The Morgan fingerprint density at radius 2 is 1.64 bits per heavy atom. The molecule has 0 heterocycles. The highest BCUT2D eigenvalue weighted by Crippen LogP contribution is 2.25. The number of methoxy groups -OCH3 is 1. The van der Waals surface area contributed by atoms with Crippen LogP contribution in [0.5, 0.6) is 11.5 Å². The van der Waals surface area contributed by atoms with Crippen LogP contribution in [0.15, 0.2) is 36.4 Å². The van der Waals surface area contributed by atoms with E-state index in [9.17, 15) is 0 Å². The topological polar surface area (TPSA) is 27.7 Å². The Labute approximate surface area is 136 Å². The van der Waals surface area contributed by atoms with Crippen LogP contribution in [-0.2, 0) is 11.3 Å². The smallest absolute Gasteiger partial charge is 0.357 e. The minimum absolute atomic E-state index is 0.0924. The second-order valence-electron chi connectivity index (χ2n) is 5.15. The third kappa shape index (κ3) is 3.98. The molecule has 0 saturated heterocycles. The third-order valence-electron chi connectivity index (χ3n) is 3.51. The first-order valence-electron chi connectivity index (χ1n) is 7.05. The maximum absolute atomic E-state index is 5.95. The molecule has 0 aliphatic rings. The molecule has 0 aromatic heterocycles. The van der Waals surface area contributed by atoms with Crippen molar-refractivity contribution in [2.75, 3.05) is 7.11 Å². The van der Waals surface area contributed by atoms with Crippen molar-refractivity contribution in [1.29, 1.82) is 0 Å². The van der Waals surface area contributed by atoms with Crippen molar-refractivity contribution in [1.82, 2.24) is 0 Å². The lowest BCUT2D eigenvalue weighted by Gasteiger charge is -2.14. The van der Waals surface area contributed by atoms with Crippen LogP contribution in [0.4, 0.5) is 0 Å². The van der Waals surface area contributed by atoms with Crippen LogP contribution in [0.1, 0.15) is 22.3 Å². The molecule has 22 heavy (non-hydrogen) atoms. The van der Waals surface area contributed by atoms with Crippen LogP contribution < -0.4 is 9.47 Å².